The van der Waals surface area contributed by atoms with Gasteiger partial charge in [0.15, 0.2) is 0 Å². The third-order valence-electron chi connectivity index (χ3n) is 13.3. The molecular formula is C57H38N2O. The molecule has 3 aromatic heterocycles. The minimum absolute atomic E-state index is 0.0172. The van der Waals surface area contributed by atoms with Crippen LogP contribution in [-0.4, -0.2) is 4.40 Å². The second-order valence-corrected chi connectivity index (χ2v) is 16.9. The molecule has 0 unspecified atom stereocenters. The predicted molar refractivity (Wildman–Crippen MR) is 251 cm³/mol. The highest BCUT2D eigenvalue weighted by Gasteiger charge is 2.35. The number of fused-ring (bicyclic) bond motifs is 12. The summed E-state index contributed by atoms with van der Waals surface area (Å²) in [5.41, 5.74) is 19.1. The van der Waals surface area contributed by atoms with Crippen LogP contribution in [0, 0.1) is 0 Å². The largest absolute Gasteiger partial charge is 0.456 e. The number of para-hydroxylation sites is 3. The van der Waals surface area contributed by atoms with Gasteiger partial charge in [-0.15, -0.1) is 0 Å². The molecule has 3 heterocycles. The maximum absolute atomic E-state index is 6.28. The number of furan rings is 1. The molecule has 0 saturated carbocycles. The van der Waals surface area contributed by atoms with E-state index in [9.17, 15) is 0 Å². The summed E-state index contributed by atoms with van der Waals surface area (Å²) in [4.78, 5) is 2.44. The van der Waals surface area contributed by atoms with Crippen LogP contribution in [0.15, 0.2) is 199 Å². The normalized spacial score (nSPS) is 13.3. The van der Waals surface area contributed by atoms with Crippen molar-refractivity contribution in [2.24, 2.45) is 0 Å². The van der Waals surface area contributed by atoms with Gasteiger partial charge in [-0.2, -0.15) is 0 Å². The standard InChI is InChI=1S/C57H38N2O/c1-57(2)47-18-6-3-12-41(47)46-34-37(28-33-48(46)57)35-24-29-38(30-25-35)58(39-31-26-36(27-32-39)40-15-10-23-53-54(40)44-14-5-8-22-52(44)60-53)50-20-11-21-51-55(50)45-17-9-16-43-42-13-4-7-19-49(42)59(51)56(43)45/h3-34H,1-2H3. The third kappa shape index (κ3) is 4.55. The highest BCUT2D eigenvalue weighted by Crippen LogP contribution is 2.50. The molecule has 0 aliphatic heterocycles. The summed E-state index contributed by atoms with van der Waals surface area (Å²) in [6.45, 7) is 4.68. The smallest absolute Gasteiger partial charge is 0.136 e. The van der Waals surface area contributed by atoms with Crippen LogP contribution in [0.3, 0.4) is 0 Å². The summed E-state index contributed by atoms with van der Waals surface area (Å²) in [5, 5.41) is 7.35. The molecule has 12 aromatic rings. The molecular weight excluding hydrogens is 729 g/mol. The van der Waals surface area contributed by atoms with E-state index in [0.717, 1.165) is 44.6 Å². The molecule has 0 fully saturated rings. The van der Waals surface area contributed by atoms with Crippen molar-refractivity contribution in [2.45, 2.75) is 19.3 Å². The van der Waals surface area contributed by atoms with Crippen LogP contribution in [0.4, 0.5) is 17.1 Å². The minimum Gasteiger partial charge on any atom is -0.456 e. The zero-order chi connectivity index (χ0) is 39.7. The van der Waals surface area contributed by atoms with E-state index in [1.807, 2.05) is 12.1 Å². The van der Waals surface area contributed by atoms with Crippen molar-refractivity contribution >= 4 is 77.1 Å². The molecule has 0 amide bonds. The Morgan fingerprint density at radius 2 is 1.02 bits per heavy atom. The topological polar surface area (TPSA) is 20.8 Å². The second-order valence-electron chi connectivity index (χ2n) is 16.9. The molecule has 0 bridgehead atoms. The molecule has 0 atom stereocenters. The molecule has 3 nitrogen and oxygen atoms in total. The van der Waals surface area contributed by atoms with Crippen molar-refractivity contribution in [3.63, 3.8) is 0 Å². The first-order valence-corrected chi connectivity index (χ1v) is 20.8. The fourth-order valence-electron chi connectivity index (χ4n) is 10.6. The molecule has 60 heavy (non-hydrogen) atoms. The fourth-order valence-corrected chi connectivity index (χ4v) is 10.6. The number of hydrogen-bond donors (Lipinski definition) is 0. The van der Waals surface area contributed by atoms with Crippen LogP contribution in [0.2, 0.25) is 0 Å². The van der Waals surface area contributed by atoms with Gasteiger partial charge in [-0.3, -0.25) is 0 Å². The van der Waals surface area contributed by atoms with Crippen LogP contribution in [0.1, 0.15) is 25.0 Å². The molecule has 282 valence electrons. The van der Waals surface area contributed by atoms with Crippen molar-refractivity contribution in [3.8, 4) is 33.4 Å². The summed E-state index contributed by atoms with van der Waals surface area (Å²) in [5.74, 6) is 0. The summed E-state index contributed by atoms with van der Waals surface area (Å²) in [6.07, 6.45) is 0. The number of aromatic nitrogens is 1. The van der Waals surface area contributed by atoms with Crippen molar-refractivity contribution in [1.82, 2.24) is 4.40 Å². The Kier molecular flexibility index (Phi) is 6.78. The summed E-state index contributed by atoms with van der Waals surface area (Å²) in [7, 11) is 0. The van der Waals surface area contributed by atoms with E-state index in [4.69, 9.17) is 4.42 Å². The summed E-state index contributed by atoms with van der Waals surface area (Å²) in [6, 6.07) is 71.1. The number of nitrogens with zero attached hydrogens (tertiary/aromatic N) is 2. The third-order valence-corrected chi connectivity index (χ3v) is 13.3. The maximum Gasteiger partial charge on any atom is 0.136 e. The average Bonchev–Trinajstić information content (AvgIpc) is 4.02. The van der Waals surface area contributed by atoms with Crippen LogP contribution < -0.4 is 4.90 Å². The van der Waals surface area contributed by atoms with E-state index < -0.39 is 0 Å². The minimum atomic E-state index is -0.0172. The van der Waals surface area contributed by atoms with Gasteiger partial charge in [-0.05, 0) is 105 Å². The predicted octanol–water partition coefficient (Wildman–Crippen LogP) is 15.8. The van der Waals surface area contributed by atoms with Gasteiger partial charge in [-0.25, -0.2) is 0 Å². The van der Waals surface area contributed by atoms with Crippen LogP contribution in [0.5, 0.6) is 0 Å². The lowest BCUT2D eigenvalue weighted by atomic mass is 9.82. The van der Waals surface area contributed by atoms with Gasteiger partial charge in [0.1, 0.15) is 11.2 Å². The maximum atomic E-state index is 6.28. The monoisotopic (exact) mass is 766 g/mol. The van der Waals surface area contributed by atoms with E-state index >= 15 is 0 Å². The Labute approximate surface area is 347 Å². The first-order chi connectivity index (χ1) is 29.5. The van der Waals surface area contributed by atoms with E-state index in [2.05, 4.69) is 205 Å². The van der Waals surface area contributed by atoms with E-state index in [1.165, 1.54) is 77.0 Å². The number of benzene rings is 9. The van der Waals surface area contributed by atoms with Gasteiger partial charge < -0.3 is 13.7 Å². The van der Waals surface area contributed by atoms with Gasteiger partial charge in [0, 0.05) is 49.1 Å². The Morgan fingerprint density at radius 3 is 1.87 bits per heavy atom. The Balaban J connectivity index is 0.987. The fraction of sp³-hybridized carbons (Fsp3) is 0.0526. The average molecular weight is 767 g/mol. The molecule has 0 spiro atoms. The van der Waals surface area contributed by atoms with Gasteiger partial charge in [0.05, 0.1) is 22.2 Å². The van der Waals surface area contributed by atoms with Gasteiger partial charge in [0.25, 0.3) is 0 Å². The lowest BCUT2D eigenvalue weighted by Crippen LogP contribution is -2.14. The Morgan fingerprint density at radius 1 is 0.417 bits per heavy atom. The van der Waals surface area contributed by atoms with Gasteiger partial charge in [-0.1, -0.05) is 147 Å². The first-order valence-electron chi connectivity index (χ1n) is 20.8. The van der Waals surface area contributed by atoms with E-state index in [-0.39, 0.29) is 5.41 Å². The van der Waals surface area contributed by atoms with Gasteiger partial charge >= 0.3 is 0 Å². The van der Waals surface area contributed by atoms with Crippen LogP contribution in [-0.2, 0) is 5.41 Å². The molecule has 0 radical (unpaired) electrons. The zero-order valence-corrected chi connectivity index (χ0v) is 33.3. The number of anilines is 3. The molecule has 3 heteroatoms. The van der Waals surface area contributed by atoms with Crippen molar-refractivity contribution in [2.75, 3.05) is 4.90 Å². The lowest BCUT2D eigenvalue weighted by molar-refractivity contribution is 0.660. The molecule has 1 aliphatic rings. The SMILES string of the molecule is CC1(C)c2ccccc2-c2cc(-c3ccc(N(c4ccc(-c5cccc6oc7ccccc7c56)cc4)c4cccc5c4c4cccc6c7ccccc7n5c64)cc3)ccc21. The zero-order valence-electron chi connectivity index (χ0n) is 33.3. The number of rotatable bonds is 5. The van der Waals surface area contributed by atoms with Crippen molar-refractivity contribution in [3.05, 3.63) is 205 Å². The van der Waals surface area contributed by atoms with E-state index in [0.29, 0.717) is 0 Å². The summed E-state index contributed by atoms with van der Waals surface area (Å²) >= 11 is 0. The van der Waals surface area contributed by atoms with E-state index in [1.54, 1.807) is 0 Å². The summed E-state index contributed by atoms with van der Waals surface area (Å²) < 4.78 is 8.75. The molecule has 0 saturated heterocycles. The van der Waals surface area contributed by atoms with Crippen LogP contribution in [0.25, 0.3) is 93.4 Å². The first kappa shape index (κ1) is 33.4. The lowest BCUT2D eigenvalue weighted by Gasteiger charge is -2.27. The molecule has 1 aliphatic carbocycles. The second kappa shape index (κ2) is 12.2. The Hall–Kier alpha value is -7.62. The molecule has 0 N–H and O–H groups in total. The highest BCUT2D eigenvalue weighted by molar-refractivity contribution is 6.26. The van der Waals surface area contributed by atoms with Crippen molar-refractivity contribution in [1.29, 1.82) is 0 Å². The Bertz CT molecular complexity index is 3680. The number of hydrogen-bond acceptors (Lipinski definition) is 2. The quantitative estimate of drug-likeness (QED) is 0.174. The van der Waals surface area contributed by atoms with Gasteiger partial charge in [0.2, 0.25) is 0 Å². The van der Waals surface area contributed by atoms with Crippen molar-refractivity contribution < 1.29 is 4.42 Å². The highest BCUT2D eigenvalue weighted by atomic mass is 16.3. The molecule has 13 rings (SSSR count). The molecule has 9 aromatic carbocycles. The van der Waals surface area contributed by atoms with Crippen LogP contribution >= 0.6 is 0 Å².